The topological polar surface area (TPSA) is 77.5 Å². The first-order valence-corrected chi connectivity index (χ1v) is 14.1. The summed E-state index contributed by atoms with van der Waals surface area (Å²) >= 11 is 0. The minimum Gasteiger partial charge on any atom is -0.494 e. The summed E-state index contributed by atoms with van der Waals surface area (Å²) in [4.78, 5) is 35.2. The van der Waals surface area contributed by atoms with E-state index in [-0.39, 0.29) is 11.8 Å². The summed E-state index contributed by atoms with van der Waals surface area (Å²) in [5, 5.41) is 1.69. The van der Waals surface area contributed by atoms with E-state index < -0.39 is 18.1 Å². The first-order valence-electron chi connectivity index (χ1n) is 14.1. The van der Waals surface area contributed by atoms with Crippen LogP contribution in [-0.2, 0) is 14.4 Å². The molecule has 3 atom stereocenters. The molecule has 3 aromatic rings. The number of carbonyl (C=O) groups excluding carboxylic acids is 2. The van der Waals surface area contributed by atoms with E-state index in [2.05, 4.69) is 6.92 Å². The zero-order valence-corrected chi connectivity index (χ0v) is 23.2. The van der Waals surface area contributed by atoms with Gasteiger partial charge in [-0.05, 0) is 73.9 Å². The smallest absolute Gasteiger partial charge is 0.266 e. The van der Waals surface area contributed by atoms with E-state index in [1.54, 1.807) is 29.3 Å². The predicted octanol–water partition coefficient (Wildman–Crippen LogP) is 6.10. The highest BCUT2D eigenvalue weighted by molar-refractivity contribution is 6.23. The molecule has 8 heteroatoms. The third-order valence-electron chi connectivity index (χ3n) is 7.06. The summed E-state index contributed by atoms with van der Waals surface area (Å²) in [6, 6.07) is 21.7. The zero-order chi connectivity index (χ0) is 28.1. The maximum Gasteiger partial charge on any atom is 0.266 e. The number of hydroxylamine groups is 1. The fraction of sp³-hybridized carbons (Fsp3) is 0.375. The molecule has 3 aromatic carbocycles. The first kappa shape index (κ1) is 27.5. The molecule has 0 unspecified atom stereocenters. The molecule has 2 aliphatic rings. The van der Waals surface area contributed by atoms with Gasteiger partial charge in [-0.25, -0.2) is 9.96 Å². The molecular weight excluding hydrogens is 508 g/mol. The number of rotatable bonds is 12. The van der Waals surface area contributed by atoms with Crippen molar-refractivity contribution in [2.75, 3.05) is 29.8 Å². The minimum atomic E-state index is -0.954. The number of benzene rings is 3. The minimum absolute atomic E-state index is 0.304. The van der Waals surface area contributed by atoms with Crippen molar-refractivity contribution in [1.82, 2.24) is 0 Å². The predicted molar refractivity (Wildman–Crippen MR) is 153 cm³/mol. The van der Waals surface area contributed by atoms with Crippen LogP contribution >= 0.6 is 0 Å². The fourth-order valence-corrected chi connectivity index (χ4v) is 5.14. The third kappa shape index (κ3) is 5.36. The van der Waals surface area contributed by atoms with Gasteiger partial charge in [0.15, 0.2) is 17.6 Å². The van der Waals surface area contributed by atoms with Crippen LogP contribution in [0.2, 0.25) is 0 Å². The van der Waals surface area contributed by atoms with Crippen LogP contribution < -0.4 is 24.2 Å². The number of unbranched alkanes of at least 4 members (excludes halogenated alkanes) is 1. The quantitative estimate of drug-likeness (QED) is 0.201. The standard InChI is InChI=1S/C32H36N2O6/c1-4-7-20-39-26-18-13-22(21-27(26)37-6-3)29-28-30(40-34(29)24-11-9-8-10-12-24)32(36)33(31(28)35)23-14-16-25(17-15-23)38-19-5-2/h8-18,21,28-30H,4-7,19-20H2,1-3H3/t28-,29+,30+/m0/s1. The van der Waals surface area contributed by atoms with Gasteiger partial charge in [-0.1, -0.05) is 44.5 Å². The third-order valence-corrected chi connectivity index (χ3v) is 7.06. The SMILES string of the molecule is CCCCOc1ccc([C@@H]2[C@@H]3C(=O)N(c4ccc(OCCC)cc4)C(=O)[C@@H]3ON2c2ccccc2)cc1OCC. The van der Waals surface area contributed by atoms with Crippen molar-refractivity contribution in [1.29, 1.82) is 0 Å². The molecule has 2 amide bonds. The monoisotopic (exact) mass is 544 g/mol. The van der Waals surface area contributed by atoms with E-state index in [9.17, 15) is 9.59 Å². The van der Waals surface area contributed by atoms with E-state index in [4.69, 9.17) is 19.0 Å². The van der Waals surface area contributed by atoms with Crippen molar-refractivity contribution in [3.05, 3.63) is 78.4 Å². The van der Waals surface area contributed by atoms with Gasteiger partial charge in [-0.2, -0.15) is 0 Å². The Morgan fingerprint density at radius 3 is 2.23 bits per heavy atom. The van der Waals surface area contributed by atoms with Crippen LogP contribution in [0.15, 0.2) is 72.8 Å². The molecule has 0 saturated carbocycles. The number of para-hydroxylation sites is 1. The van der Waals surface area contributed by atoms with E-state index in [0.717, 1.165) is 30.5 Å². The van der Waals surface area contributed by atoms with Crippen LogP contribution in [0.5, 0.6) is 17.2 Å². The summed E-state index contributed by atoms with van der Waals surface area (Å²) < 4.78 is 17.6. The Balaban J connectivity index is 1.50. The van der Waals surface area contributed by atoms with Gasteiger partial charge in [0.2, 0.25) is 5.91 Å². The van der Waals surface area contributed by atoms with Gasteiger partial charge in [0, 0.05) is 0 Å². The van der Waals surface area contributed by atoms with Gasteiger partial charge >= 0.3 is 0 Å². The molecule has 0 bridgehead atoms. The Morgan fingerprint density at radius 1 is 0.750 bits per heavy atom. The Kier molecular flexibility index (Phi) is 8.55. The molecule has 8 nitrogen and oxygen atoms in total. The van der Waals surface area contributed by atoms with Gasteiger partial charge in [-0.3, -0.25) is 14.4 Å². The Morgan fingerprint density at radius 2 is 1.52 bits per heavy atom. The zero-order valence-electron chi connectivity index (χ0n) is 23.2. The van der Waals surface area contributed by atoms with Gasteiger partial charge in [0.25, 0.3) is 5.91 Å². The second-order valence-corrected chi connectivity index (χ2v) is 9.85. The highest BCUT2D eigenvalue weighted by Gasteiger charge is 2.60. The van der Waals surface area contributed by atoms with Gasteiger partial charge in [0.05, 0.1) is 37.2 Å². The molecule has 210 valence electrons. The molecule has 2 fully saturated rings. The number of nitrogens with zero attached hydrogens (tertiary/aromatic N) is 2. The average Bonchev–Trinajstić information content (AvgIpc) is 3.49. The molecular formula is C32H36N2O6. The number of hydrogen-bond donors (Lipinski definition) is 0. The molecule has 0 spiro atoms. The molecule has 2 saturated heterocycles. The number of anilines is 2. The largest absolute Gasteiger partial charge is 0.494 e. The highest BCUT2D eigenvalue weighted by Crippen LogP contribution is 2.48. The number of fused-ring (bicyclic) bond motifs is 1. The second-order valence-electron chi connectivity index (χ2n) is 9.85. The number of ether oxygens (including phenoxy) is 3. The first-order chi connectivity index (χ1) is 19.6. The van der Waals surface area contributed by atoms with E-state index in [0.29, 0.717) is 42.8 Å². The summed E-state index contributed by atoms with van der Waals surface area (Å²) in [7, 11) is 0. The van der Waals surface area contributed by atoms with Gasteiger partial charge < -0.3 is 14.2 Å². The van der Waals surface area contributed by atoms with Crippen molar-refractivity contribution < 1.29 is 28.6 Å². The molecule has 0 N–H and O–H groups in total. The summed E-state index contributed by atoms with van der Waals surface area (Å²) in [5.74, 6) is 0.515. The lowest BCUT2D eigenvalue weighted by Crippen LogP contribution is -2.37. The van der Waals surface area contributed by atoms with E-state index >= 15 is 0 Å². The fourth-order valence-electron chi connectivity index (χ4n) is 5.14. The van der Waals surface area contributed by atoms with Crippen molar-refractivity contribution in [2.24, 2.45) is 5.92 Å². The molecule has 0 aliphatic carbocycles. The maximum absolute atomic E-state index is 14.0. The number of amides is 2. The van der Waals surface area contributed by atoms with E-state index in [1.807, 2.05) is 62.4 Å². The summed E-state index contributed by atoms with van der Waals surface area (Å²) in [5.41, 5.74) is 2.05. The van der Waals surface area contributed by atoms with Crippen molar-refractivity contribution >= 4 is 23.2 Å². The summed E-state index contributed by atoms with van der Waals surface area (Å²) in [6.45, 7) is 7.72. The number of hydrogen-bond acceptors (Lipinski definition) is 7. The van der Waals surface area contributed by atoms with Crippen LogP contribution in [-0.4, -0.2) is 37.7 Å². The van der Waals surface area contributed by atoms with Crippen LogP contribution in [0.4, 0.5) is 11.4 Å². The van der Waals surface area contributed by atoms with Crippen molar-refractivity contribution in [3.63, 3.8) is 0 Å². The van der Waals surface area contributed by atoms with Gasteiger partial charge in [-0.15, -0.1) is 0 Å². The summed E-state index contributed by atoms with van der Waals surface area (Å²) in [6.07, 6.45) is 1.90. The Bertz CT molecular complexity index is 1310. The molecule has 0 aromatic heterocycles. The number of imide groups is 1. The van der Waals surface area contributed by atoms with Crippen molar-refractivity contribution in [2.45, 2.75) is 52.2 Å². The highest BCUT2D eigenvalue weighted by atomic mass is 16.7. The van der Waals surface area contributed by atoms with Crippen LogP contribution in [0.1, 0.15) is 51.6 Å². The lowest BCUT2D eigenvalue weighted by Gasteiger charge is -2.29. The van der Waals surface area contributed by atoms with Crippen LogP contribution in [0.3, 0.4) is 0 Å². The van der Waals surface area contributed by atoms with Crippen LogP contribution in [0, 0.1) is 5.92 Å². The van der Waals surface area contributed by atoms with Crippen molar-refractivity contribution in [3.8, 4) is 17.2 Å². The Labute approximate surface area is 235 Å². The van der Waals surface area contributed by atoms with Gasteiger partial charge in [0.1, 0.15) is 11.7 Å². The normalized spacial score (nSPS) is 20.1. The number of carbonyl (C=O) groups is 2. The Hall–Kier alpha value is -4.04. The lowest BCUT2D eigenvalue weighted by atomic mass is 9.90. The molecule has 2 aliphatic heterocycles. The van der Waals surface area contributed by atoms with E-state index in [1.165, 1.54) is 4.90 Å². The molecule has 40 heavy (non-hydrogen) atoms. The average molecular weight is 545 g/mol. The second kappa shape index (κ2) is 12.4. The molecule has 0 radical (unpaired) electrons. The molecule has 2 heterocycles. The lowest BCUT2D eigenvalue weighted by molar-refractivity contribution is -0.126. The van der Waals surface area contributed by atoms with Crippen LogP contribution in [0.25, 0.3) is 0 Å². The maximum atomic E-state index is 14.0. The molecule has 5 rings (SSSR count).